The Bertz CT molecular complexity index is 824. The van der Waals surface area contributed by atoms with Crippen LogP contribution in [0, 0.1) is 0 Å². The number of nitrogens with zero attached hydrogens (tertiary/aromatic N) is 3. The highest BCUT2D eigenvalue weighted by Gasteiger charge is 2.10. The monoisotopic (exact) mass is 305 g/mol. The maximum atomic E-state index is 12.1. The highest BCUT2D eigenvalue weighted by atomic mass is 16.2. The number of carbonyl (C=O) groups excluding carboxylic acids is 1. The van der Waals surface area contributed by atoms with Gasteiger partial charge in [-0.3, -0.25) is 14.9 Å². The van der Waals surface area contributed by atoms with Crippen molar-refractivity contribution in [1.29, 1.82) is 0 Å². The van der Waals surface area contributed by atoms with Crippen LogP contribution >= 0.6 is 0 Å². The van der Waals surface area contributed by atoms with E-state index in [1.54, 1.807) is 25.4 Å². The van der Waals surface area contributed by atoms with Crippen molar-refractivity contribution in [2.75, 3.05) is 0 Å². The van der Waals surface area contributed by atoms with E-state index in [-0.39, 0.29) is 5.91 Å². The second kappa shape index (κ2) is 6.65. The van der Waals surface area contributed by atoms with Gasteiger partial charge < -0.3 is 0 Å². The number of benzene rings is 1. The van der Waals surface area contributed by atoms with Gasteiger partial charge in [0.25, 0.3) is 5.91 Å². The van der Waals surface area contributed by atoms with Gasteiger partial charge in [-0.25, -0.2) is 5.43 Å². The van der Waals surface area contributed by atoms with Crippen LogP contribution in [0.1, 0.15) is 23.0 Å². The average molecular weight is 305 g/mol. The van der Waals surface area contributed by atoms with Crippen LogP contribution in [0.25, 0.3) is 11.3 Å². The zero-order valence-electron chi connectivity index (χ0n) is 12.5. The lowest BCUT2D eigenvalue weighted by atomic mass is 10.1. The van der Waals surface area contributed by atoms with E-state index in [0.29, 0.717) is 17.1 Å². The van der Waals surface area contributed by atoms with E-state index < -0.39 is 0 Å². The summed E-state index contributed by atoms with van der Waals surface area (Å²) in [6, 6.07) is 15.0. The molecule has 6 nitrogen and oxygen atoms in total. The third-order valence-corrected chi connectivity index (χ3v) is 3.30. The van der Waals surface area contributed by atoms with Gasteiger partial charge in [-0.1, -0.05) is 36.4 Å². The number of rotatable bonds is 4. The molecular formula is C17H15N5O. The molecule has 0 aliphatic heterocycles. The molecule has 0 atom stereocenters. The molecular weight excluding hydrogens is 290 g/mol. The first-order chi connectivity index (χ1) is 11.2. The minimum atomic E-state index is -0.345. The van der Waals surface area contributed by atoms with E-state index in [2.05, 4.69) is 25.7 Å². The lowest BCUT2D eigenvalue weighted by Crippen LogP contribution is -2.19. The second-order valence-electron chi connectivity index (χ2n) is 4.91. The summed E-state index contributed by atoms with van der Waals surface area (Å²) in [5.74, 6) is -0.345. The molecule has 6 heteroatoms. The maximum Gasteiger partial charge on any atom is 0.289 e. The summed E-state index contributed by atoms with van der Waals surface area (Å²) < 4.78 is 0. The van der Waals surface area contributed by atoms with E-state index in [1.165, 1.54) is 0 Å². The molecule has 0 fully saturated rings. The Kier molecular flexibility index (Phi) is 4.24. The van der Waals surface area contributed by atoms with Gasteiger partial charge in [-0.2, -0.15) is 10.2 Å². The molecule has 0 aliphatic carbocycles. The number of aromatic amines is 1. The molecule has 0 bridgehead atoms. The number of carbonyl (C=O) groups is 1. The van der Waals surface area contributed by atoms with Crippen LogP contribution in [0.4, 0.5) is 0 Å². The summed E-state index contributed by atoms with van der Waals surface area (Å²) in [5, 5.41) is 11.0. The van der Waals surface area contributed by atoms with Gasteiger partial charge in [0.05, 0.1) is 11.4 Å². The van der Waals surface area contributed by atoms with Crippen LogP contribution in [0.3, 0.4) is 0 Å². The number of nitrogens with one attached hydrogen (secondary N) is 2. The molecule has 2 heterocycles. The average Bonchev–Trinajstić information content (AvgIpc) is 3.11. The third-order valence-electron chi connectivity index (χ3n) is 3.30. The minimum Gasteiger partial charge on any atom is -0.272 e. The Morgan fingerprint density at radius 1 is 1.17 bits per heavy atom. The number of pyridine rings is 1. The maximum absolute atomic E-state index is 12.1. The van der Waals surface area contributed by atoms with Crippen LogP contribution in [0.5, 0.6) is 0 Å². The SMILES string of the molecule is C/C(=N/NC(=O)c1cc(-c2ccccc2)n[nH]1)c1cccnc1. The van der Waals surface area contributed by atoms with Gasteiger partial charge >= 0.3 is 0 Å². The van der Waals surface area contributed by atoms with Crippen LogP contribution in [-0.4, -0.2) is 26.8 Å². The number of hydrogen-bond acceptors (Lipinski definition) is 4. The fourth-order valence-corrected chi connectivity index (χ4v) is 2.03. The van der Waals surface area contributed by atoms with Crippen molar-refractivity contribution in [3.8, 4) is 11.3 Å². The summed E-state index contributed by atoms with van der Waals surface area (Å²) in [6.45, 7) is 1.81. The second-order valence-corrected chi connectivity index (χ2v) is 4.91. The van der Waals surface area contributed by atoms with Gasteiger partial charge in [0.2, 0.25) is 0 Å². The highest BCUT2D eigenvalue weighted by Crippen LogP contribution is 2.16. The molecule has 114 valence electrons. The minimum absolute atomic E-state index is 0.345. The first-order valence-corrected chi connectivity index (χ1v) is 7.10. The van der Waals surface area contributed by atoms with Crippen molar-refractivity contribution in [2.45, 2.75) is 6.92 Å². The van der Waals surface area contributed by atoms with Gasteiger partial charge in [0.15, 0.2) is 0 Å². The quantitative estimate of drug-likeness (QED) is 0.574. The molecule has 3 rings (SSSR count). The molecule has 0 spiro atoms. The zero-order chi connectivity index (χ0) is 16.1. The van der Waals surface area contributed by atoms with Crippen molar-refractivity contribution < 1.29 is 4.79 Å². The summed E-state index contributed by atoms with van der Waals surface area (Å²) >= 11 is 0. The van der Waals surface area contributed by atoms with Crippen molar-refractivity contribution in [1.82, 2.24) is 20.6 Å². The number of H-pyrrole nitrogens is 1. The van der Waals surface area contributed by atoms with Crippen LogP contribution in [-0.2, 0) is 0 Å². The van der Waals surface area contributed by atoms with Gasteiger partial charge in [0.1, 0.15) is 5.69 Å². The largest absolute Gasteiger partial charge is 0.289 e. The predicted molar refractivity (Wildman–Crippen MR) is 87.9 cm³/mol. The van der Waals surface area contributed by atoms with Gasteiger partial charge in [0, 0.05) is 23.5 Å². The molecule has 0 aliphatic rings. The first-order valence-electron chi connectivity index (χ1n) is 7.10. The lowest BCUT2D eigenvalue weighted by molar-refractivity contribution is 0.0950. The number of hydrazone groups is 1. The van der Waals surface area contributed by atoms with E-state index in [1.807, 2.05) is 42.5 Å². The number of hydrogen-bond donors (Lipinski definition) is 2. The Labute approximate surface area is 133 Å². The topological polar surface area (TPSA) is 83.0 Å². The molecule has 0 saturated heterocycles. The normalized spacial score (nSPS) is 11.3. The molecule has 0 radical (unpaired) electrons. The summed E-state index contributed by atoms with van der Waals surface area (Å²) in [5.41, 5.74) is 6.04. The number of amides is 1. The molecule has 23 heavy (non-hydrogen) atoms. The lowest BCUT2D eigenvalue weighted by Gasteiger charge is -2.00. The van der Waals surface area contributed by atoms with E-state index >= 15 is 0 Å². The molecule has 2 N–H and O–H groups in total. The smallest absolute Gasteiger partial charge is 0.272 e. The van der Waals surface area contributed by atoms with E-state index in [0.717, 1.165) is 11.1 Å². The first kappa shape index (κ1) is 14.6. The fourth-order valence-electron chi connectivity index (χ4n) is 2.03. The highest BCUT2D eigenvalue weighted by molar-refractivity contribution is 6.00. The Balaban J connectivity index is 1.71. The van der Waals surface area contributed by atoms with E-state index in [9.17, 15) is 4.79 Å². The Morgan fingerprint density at radius 3 is 2.74 bits per heavy atom. The van der Waals surface area contributed by atoms with Crippen molar-refractivity contribution in [3.63, 3.8) is 0 Å². The van der Waals surface area contributed by atoms with Crippen molar-refractivity contribution >= 4 is 11.6 Å². The molecule has 1 aromatic carbocycles. The summed E-state index contributed by atoms with van der Waals surface area (Å²) in [7, 11) is 0. The molecule has 0 saturated carbocycles. The van der Waals surface area contributed by atoms with Crippen LogP contribution in [0.15, 0.2) is 66.0 Å². The molecule has 3 aromatic rings. The van der Waals surface area contributed by atoms with Gasteiger partial charge in [-0.05, 0) is 19.1 Å². The molecule has 2 aromatic heterocycles. The van der Waals surface area contributed by atoms with E-state index in [4.69, 9.17) is 0 Å². The van der Waals surface area contributed by atoms with Gasteiger partial charge in [-0.15, -0.1) is 0 Å². The van der Waals surface area contributed by atoms with Crippen molar-refractivity contribution in [2.24, 2.45) is 5.10 Å². The summed E-state index contributed by atoms with van der Waals surface area (Å²) in [6.07, 6.45) is 3.37. The summed E-state index contributed by atoms with van der Waals surface area (Å²) in [4.78, 5) is 16.1. The number of aromatic nitrogens is 3. The van der Waals surface area contributed by atoms with Crippen LogP contribution < -0.4 is 5.43 Å². The standard InChI is InChI=1S/C17H15N5O/c1-12(14-8-5-9-18-11-14)19-22-17(23)16-10-15(20-21-16)13-6-3-2-4-7-13/h2-11H,1H3,(H,20,21)(H,22,23)/b19-12-. The third kappa shape index (κ3) is 3.49. The Hall–Kier alpha value is -3.28. The molecule has 0 unspecified atom stereocenters. The predicted octanol–water partition coefficient (Wildman–Crippen LogP) is 2.63. The fraction of sp³-hybridized carbons (Fsp3) is 0.0588. The molecule has 1 amide bonds. The van der Waals surface area contributed by atoms with Crippen molar-refractivity contribution in [3.05, 3.63) is 72.2 Å². The zero-order valence-corrected chi connectivity index (χ0v) is 12.5. The van der Waals surface area contributed by atoms with Crippen LogP contribution in [0.2, 0.25) is 0 Å². The Morgan fingerprint density at radius 2 is 2.00 bits per heavy atom.